The Bertz CT molecular complexity index is 125. The SMILES string of the molecule is CCSC(C)(CC)C(=O)O. The number of hydrogen-bond acceptors (Lipinski definition) is 2. The molecule has 60 valence electrons. The fourth-order valence-corrected chi connectivity index (χ4v) is 1.60. The highest BCUT2D eigenvalue weighted by Crippen LogP contribution is 2.28. The van der Waals surface area contributed by atoms with Crippen LogP contribution in [0, 0.1) is 0 Å². The Morgan fingerprint density at radius 1 is 1.60 bits per heavy atom. The average molecular weight is 162 g/mol. The predicted octanol–water partition coefficient (Wildman–Crippen LogP) is 1.99. The summed E-state index contributed by atoms with van der Waals surface area (Å²) in [6.45, 7) is 5.64. The smallest absolute Gasteiger partial charge is 0.319 e. The van der Waals surface area contributed by atoms with Crippen LogP contribution in [0.3, 0.4) is 0 Å². The predicted molar refractivity (Wildman–Crippen MR) is 44.5 cm³/mol. The van der Waals surface area contributed by atoms with E-state index in [-0.39, 0.29) is 0 Å². The molecule has 0 heterocycles. The van der Waals surface area contributed by atoms with E-state index >= 15 is 0 Å². The standard InChI is InChI=1S/C7H14O2S/c1-4-7(3,6(8)9)10-5-2/h4-5H2,1-3H3,(H,8,9). The number of carbonyl (C=O) groups is 1. The third kappa shape index (κ3) is 2.21. The summed E-state index contributed by atoms with van der Waals surface area (Å²) in [5, 5.41) is 8.74. The minimum Gasteiger partial charge on any atom is -0.480 e. The van der Waals surface area contributed by atoms with E-state index in [2.05, 4.69) is 0 Å². The van der Waals surface area contributed by atoms with Crippen LogP contribution in [0.5, 0.6) is 0 Å². The van der Waals surface area contributed by atoms with E-state index in [0.717, 1.165) is 5.75 Å². The van der Waals surface area contributed by atoms with Gasteiger partial charge in [0.25, 0.3) is 0 Å². The van der Waals surface area contributed by atoms with Gasteiger partial charge in [0.2, 0.25) is 0 Å². The van der Waals surface area contributed by atoms with Crippen molar-refractivity contribution in [2.24, 2.45) is 0 Å². The van der Waals surface area contributed by atoms with Crippen LogP contribution in [0.25, 0.3) is 0 Å². The first-order chi connectivity index (χ1) is 4.56. The van der Waals surface area contributed by atoms with Gasteiger partial charge in [-0.25, -0.2) is 0 Å². The van der Waals surface area contributed by atoms with Crippen molar-refractivity contribution in [3.8, 4) is 0 Å². The van der Waals surface area contributed by atoms with Crippen molar-refractivity contribution in [3.63, 3.8) is 0 Å². The van der Waals surface area contributed by atoms with Gasteiger partial charge in [-0.3, -0.25) is 4.79 Å². The molecular weight excluding hydrogens is 148 g/mol. The van der Waals surface area contributed by atoms with Crippen molar-refractivity contribution in [2.75, 3.05) is 5.75 Å². The second kappa shape index (κ2) is 3.86. The zero-order valence-electron chi connectivity index (χ0n) is 6.68. The number of carboxylic acids is 1. The van der Waals surface area contributed by atoms with Crippen LogP contribution in [0.4, 0.5) is 0 Å². The van der Waals surface area contributed by atoms with E-state index in [9.17, 15) is 4.79 Å². The lowest BCUT2D eigenvalue weighted by atomic mass is 10.1. The lowest BCUT2D eigenvalue weighted by Crippen LogP contribution is -2.30. The highest BCUT2D eigenvalue weighted by Gasteiger charge is 2.30. The zero-order valence-corrected chi connectivity index (χ0v) is 7.49. The molecular formula is C7H14O2S. The molecule has 1 N–H and O–H groups in total. The summed E-state index contributed by atoms with van der Waals surface area (Å²) < 4.78 is -0.575. The molecule has 0 fully saturated rings. The summed E-state index contributed by atoms with van der Waals surface area (Å²) in [4.78, 5) is 10.6. The Kier molecular flexibility index (Phi) is 3.79. The van der Waals surface area contributed by atoms with E-state index < -0.39 is 10.7 Å². The largest absolute Gasteiger partial charge is 0.480 e. The molecule has 0 rings (SSSR count). The molecule has 0 bridgehead atoms. The lowest BCUT2D eigenvalue weighted by Gasteiger charge is -2.20. The first-order valence-electron chi connectivity index (χ1n) is 3.44. The van der Waals surface area contributed by atoms with Crippen LogP contribution in [-0.4, -0.2) is 21.6 Å². The second-order valence-electron chi connectivity index (χ2n) is 2.32. The minimum atomic E-state index is -0.707. The normalized spacial score (nSPS) is 16.3. The number of aliphatic carboxylic acids is 1. The summed E-state index contributed by atoms with van der Waals surface area (Å²) in [5.41, 5.74) is 0. The van der Waals surface area contributed by atoms with Crippen LogP contribution in [0.2, 0.25) is 0 Å². The van der Waals surface area contributed by atoms with E-state index in [0.29, 0.717) is 6.42 Å². The van der Waals surface area contributed by atoms with Gasteiger partial charge in [0.15, 0.2) is 0 Å². The van der Waals surface area contributed by atoms with Crippen molar-refractivity contribution in [2.45, 2.75) is 31.9 Å². The number of thioether (sulfide) groups is 1. The molecule has 0 aliphatic rings. The number of hydrogen-bond donors (Lipinski definition) is 1. The van der Waals surface area contributed by atoms with Gasteiger partial charge in [-0.1, -0.05) is 13.8 Å². The third-order valence-corrected chi connectivity index (χ3v) is 2.98. The number of carboxylic acid groups (broad SMARTS) is 1. The molecule has 0 aromatic rings. The molecule has 2 nitrogen and oxygen atoms in total. The van der Waals surface area contributed by atoms with Crippen LogP contribution < -0.4 is 0 Å². The highest BCUT2D eigenvalue weighted by molar-refractivity contribution is 8.01. The minimum absolute atomic E-state index is 0.575. The molecule has 0 radical (unpaired) electrons. The maximum atomic E-state index is 10.6. The molecule has 0 aromatic carbocycles. The van der Waals surface area contributed by atoms with Gasteiger partial charge in [0, 0.05) is 0 Å². The Hall–Kier alpha value is -0.180. The maximum absolute atomic E-state index is 10.6. The Balaban J connectivity index is 4.08. The van der Waals surface area contributed by atoms with Crippen molar-refractivity contribution >= 4 is 17.7 Å². The van der Waals surface area contributed by atoms with Gasteiger partial charge in [-0.15, -0.1) is 11.8 Å². The van der Waals surface area contributed by atoms with Gasteiger partial charge in [-0.05, 0) is 19.1 Å². The quantitative estimate of drug-likeness (QED) is 0.687. The van der Waals surface area contributed by atoms with E-state index in [1.165, 1.54) is 11.8 Å². The molecule has 0 aliphatic carbocycles. The monoisotopic (exact) mass is 162 g/mol. The molecule has 0 saturated carbocycles. The molecule has 0 aliphatic heterocycles. The van der Waals surface area contributed by atoms with Gasteiger partial charge >= 0.3 is 5.97 Å². The van der Waals surface area contributed by atoms with Gasteiger partial charge < -0.3 is 5.11 Å². The lowest BCUT2D eigenvalue weighted by molar-refractivity contribution is -0.139. The van der Waals surface area contributed by atoms with Crippen LogP contribution in [-0.2, 0) is 4.79 Å². The average Bonchev–Trinajstić information content (AvgIpc) is 1.88. The molecule has 10 heavy (non-hydrogen) atoms. The number of rotatable bonds is 4. The van der Waals surface area contributed by atoms with Crippen molar-refractivity contribution in [1.29, 1.82) is 0 Å². The van der Waals surface area contributed by atoms with E-state index in [1.807, 2.05) is 13.8 Å². The van der Waals surface area contributed by atoms with E-state index in [1.54, 1.807) is 6.92 Å². The fourth-order valence-electron chi connectivity index (χ4n) is 0.634. The van der Waals surface area contributed by atoms with Crippen LogP contribution in [0.1, 0.15) is 27.2 Å². The topological polar surface area (TPSA) is 37.3 Å². The Labute approximate surface area is 66.0 Å². The molecule has 1 unspecified atom stereocenters. The molecule has 1 atom stereocenters. The summed E-state index contributed by atoms with van der Waals surface area (Å²) in [6, 6.07) is 0. The van der Waals surface area contributed by atoms with Gasteiger partial charge in [0.1, 0.15) is 4.75 Å². The third-order valence-electron chi connectivity index (χ3n) is 1.59. The molecule has 0 aromatic heterocycles. The van der Waals surface area contributed by atoms with Gasteiger partial charge in [-0.2, -0.15) is 0 Å². The Morgan fingerprint density at radius 3 is 2.20 bits per heavy atom. The van der Waals surface area contributed by atoms with Crippen LogP contribution >= 0.6 is 11.8 Å². The van der Waals surface area contributed by atoms with Crippen molar-refractivity contribution in [1.82, 2.24) is 0 Å². The first-order valence-corrected chi connectivity index (χ1v) is 4.42. The summed E-state index contributed by atoms with van der Waals surface area (Å²) in [5.74, 6) is 0.151. The fraction of sp³-hybridized carbons (Fsp3) is 0.857. The van der Waals surface area contributed by atoms with Gasteiger partial charge in [0.05, 0.1) is 0 Å². The van der Waals surface area contributed by atoms with Crippen molar-refractivity contribution in [3.05, 3.63) is 0 Å². The Morgan fingerprint density at radius 2 is 2.10 bits per heavy atom. The maximum Gasteiger partial charge on any atom is 0.319 e. The molecule has 0 saturated heterocycles. The highest BCUT2D eigenvalue weighted by atomic mass is 32.2. The molecule has 3 heteroatoms. The van der Waals surface area contributed by atoms with E-state index in [4.69, 9.17) is 5.11 Å². The first kappa shape index (κ1) is 9.82. The van der Waals surface area contributed by atoms with Crippen LogP contribution in [0.15, 0.2) is 0 Å². The molecule has 0 amide bonds. The second-order valence-corrected chi connectivity index (χ2v) is 4.09. The summed E-state index contributed by atoms with van der Waals surface area (Å²) in [6.07, 6.45) is 0.681. The van der Waals surface area contributed by atoms with Crippen molar-refractivity contribution < 1.29 is 9.90 Å². The molecule has 0 spiro atoms. The summed E-state index contributed by atoms with van der Waals surface area (Å²) >= 11 is 1.49. The summed E-state index contributed by atoms with van der Waals surface area (Å²) in [7, 11) is 0. The zero-order chi connectivity index (χ0) is 8.20.